The molecule has 0 aromatic heterocycles. The van der Waals surface area contributed by atoms with Gasteiger partial charge >= 0.3 is 17.8 Å². The molecule has 0 bridgehead atoms. The number of hydrogen-bond donors (Lipinski definition) is 2. The highest BCUT2D eigenvalue weighted by Crippen LogP contribution is 2.16. The van der Waals surface area contributed by atoms with Gasteiger partial charge in [-0.3, -0.25) is 9.59 Å². The monoisotopic (exact) mass is 320 g/mol. The van der Waals surface area contributed by atoms with Gasteiger partial charge in [0.05, 0.1) is 17.9 Å². The zero-order chi connectivity index (χ0) is 17.1. The zero-order valence-corrected chi connectivity index (χ0v) is 13.7. The standard InChI is InChI=1S/C17H24N2O4/c1-3-5-11-18-15(20)16(21)19-14-10-8-7-9-13(14)17(22)23-12-6-4-2/h7-10H,3-6,11-12H2,1-2H3,(H,18,20)(H,19,21). The van der Waals surface area contributed by atoms with Crippen LogP contribution in [0.15, 0.2) is 24.3 Å². The first-order chi connectivity index (χ1) is 11.1. The number of unbranched alkanes of at least 4 members (excludes halogenated alkanes) is 2. The highest BCUT2D eigenvalue weighted by molar-refractivity contribution is 6.40. The number of esters is 1. The molecule has 6 nitrogen and oxygen atoms in total. The third-order valence-electron chi connectivity index (χ3n) is 3.15. The number of anilines is 1. The largest absolute Gasteiger partial charge is 0.462 e. The Morgan fingerprint density at radius 3 is 2.39 bits per heavy atom. The first-order valence-electron chi connectivity index (χ1n) is 7.95. The molecule has 6 heteroatoms. The second-order valence-corrected chi connectivity index (χ2v) is 5.10. The lowest BCUT2D eigenvalue weighted by Crippen LogP contribution is -2.36. The maximum atomic E-state index is 12.0. The van der Waals surface area contributed by atoms with Gasteiger partial charge in [0.25, 0.3) is 0 Å². The van der Waals surface area contributed by atoms with E-state index in [0.717, 1.165) is 25.7 Å². The molecule has 1 aromatic rings. The molecule has 0 radical (unpaired) electrons. The third-order valence-corrected chi connectivity index (χ3v) is 3.15. The third kappa shape index (κ3) is 6.50. The summed E-state index contributed by atoms with van der Waals surface area (Å²) in [7, 11) is 0. The number of nitrogens with one attached hydrogen (secondary N) is 2. The lowest BCUT2D eigenvalue weighted by molar-refractivity contribution is -0.136. The highest BCUT2D eigenvalue weighted by Gasteiger charge is 2.18. The number of carbonyl (C=O) groups is 3. The number of carbonyl (C=O) groups excluding carboxylic acids is 3. The van der Waals surface area contributed by atoms with Crippen molar-refractivity contribution in [3.63, 3.8) is 0 Å². The minimum atomic E-state index is -0.796. The van der Waals surface area contributed by atoms with Gasteiger partial charge in [0.2, 0.25) is 0 Å². The van der Waals surface area contributed by atoms with Crippen LogP contribution in [0.25, 0.3) is 0 Å². The second-order valence-electron chi connectivity index (χ2n) is 5.10. The van der Waals surface area contributed by atoms with Crippen molar-refractivity contribution in [2.75, 3.05) is 18.5 Å². The van der Waals surface area contributed by atoms with Crippen LogP contribution in [0, 0.1) is 0 Å². The van der Waals surface area contributed by atoms with Gasteiger partial charge in [0, 0.05) is 6.54 Å². The molecule has 0 atom stereocenters. The van der Waals surface area contributed by atoms with Crippen molar-refractivity contribution in [3.8, 4) is 0 Å². The van der Waals surface area contributed by atoms with Crippen LogP contribution in [-0.2, 0) is 14.3 Å². The molecule has 0 fully saturated rings. The quantitative estimate of drug-likeness (QED) is 0.438. The summed E-state index contributed by atoms with van der Waals surface area (Å²) < 4.78 is 5.14. The van der Waals surface area contributed by atoms with Crippen LogP contribution in [-0.4, -0.2) is 30.9 Å². The Hall–Kier alpha value is -2.37. The Balaban J connectivity index is 2.67. The average Bonchev–Trinajstić information content (AvgIpc) is 2.55. The molecule has 1 aromatic carbocycles. The van der Waals surface area contributed by atoms with Crippen molar-refractivity contribution in [2.24, 2.45) is 0 Å². The van der Waals surface area contributed by atoms with Gasteiger partial charge in [-0.25, -0.2) is 4.79 Å². The molecule has 0 spiro atoms. The highest BCUT2D eigenvalue weighted by atomic mass is 16.5. The fraction of sp³-hybridized carbons (Fsp3) is 0.471. The molecule has 1 rings (SSSR count). The van der Waals surface area contributed by atoms with Crippen LogP contribution in [0.3, 0.4) is 0 Å². The normalized spacial score (nSPS) is 10.0. The minimum Gasteiger partial charge on any atom is -0.462 e. The summed E-state index contributed by atoms with van der Waals surface area (Å²) in [6, 6.07) is 6.47. The van der Waals surface area contributed by atoms with Crippen LogP contribution >= 0.6 is 0 Å². The molecule has 0 aliphatic carbocycles. The summed E-state index contributed by atoms with van der Waals surface area (Å²) in [4.78, 5) is 35.6. The van der Waals surface area contributed by atoms with Crippen molar-refractivity contribution >= 4 is 23.5 Å². The van der Waals surface area contributed by atoms with E-state index in [-0.39, 0.29) is 11.3 Å². The van der Waals surface area contributed by atoms with Gasteiger partial charge < -0.3 is 15.4 Å². The van der Waals surface area contributed by atoms with Crippen LogP contribution in [0.5, 0.6) is 0 Å². The number of amides is 2. The Morgan fingerprint density at radius 1 is 1.00 bits per heavy atom. The van der Waals surface area contributed by atoms with Gasteiger partial charge in [-0.1, -0.05) is 38.8 Å². The molecule has 0 aliphatic rings. The van der Waals surface area contributed by atoms with E-state index in [0.29, 0.717) is 13.2 Å². The van der Waals surface area contributed by atoms with Gasteiger partial charge in [-0.05, 0) is 25.0 Å². The smallest absolute Gasteiger partial charge is 0.340 e. The number of ether oxygens (including phenoxy) is 1. The van der Waals surface area contributed by atoms with E-state index in [1.165, 1.54) is 0 Å². The van der Waals surface area contributed by atoms with Crippen molar-refractivity contribution in [1.29, 1.82) is 0 Å². The number of hydrogen-bond acceptors (Lipinski definition) is 4. The molecule has 23 heavy (non-hydrogen) atoms. The fourth-order valence-corrected chi connectivity index (χ4v) is 1.80. The van der Waals surface area contributed by atoms with Crippen LogP contribution in [0.1, 0.15) is 49.9 Å². The van der Waals surface area contributed by atoms with Crippen molar-refractivity contribution in [2.45, 2.75) is 39.5 Å². The number of benzene rings is 1. The topological polar surface area (TPSA) is 84.5 Å². The molecule has 0 heterocycles. The molecule has 0 unspecified atom stereocenters. The van der Waals surface area contributed by atoms with E-state index in [9.17, 15) is 14.4 Å². The molecule has 0 saturated heterocycles. The molecule has 0 aliphatic heterocycles. The summed E-state index contributed by atoms with van der Waals surface area (Å²) in [5, 5.41) is 4.98. The minimum absolute atomic E-state index is 0.235. The van der Waals surface area contributed by atoms with Crippen LogP contribution < -0.4 is 10.6 Å². The summed E-state index contributed by atoms with van der Waals surface area (Å²) in [5.74, 6) is -2.02. The Labute approximate surface area is 136 Å². The Kier molecular flexibility index (Phi) is 8.42. The summed E-state index contributed by atoms with van der Waals surface area (Å²) >= 11 is 0. The van der Waals surface area contributed by atoms with Crippen LogP contribution in [0.2, 0.25) is 0 Å². The van der Waals surface area contributed by atoms with Crippen molar-refractivity contribution in [1.82, 2.24) is 5.32 Å². The van der Waals surface area contributed by atoms with Gasteiger partial charge in [-0.15, -0.1) is 0 Å². The maximum absolute atomic E-state index is 12.0. The predicted molar refractivity (Wildman–Crippen MR) is 88.2 cm³/mol. The summed E-state index contributed by atoms with van der Waals surface area (Å²) in [6.07, 6.45) is 3.43. The summed E-state index contributed by atoms with van der Waals surface area (Å²) in [5.41, 5.74) is 0.503. The molecule has 126 valence electrons. The van der Waals surface area contributed by atoms with Gasteiger partial charge in [0.1, 0.15) is 0 Å². The first-order valence-corrected chi connectivity index (χ1v) is 7.95. The van der Waals surface area contributed by atoms with Crippen LogP contribution in [0.4, 0.5) is 5.69 Å². The molecule has 2 N–H and O–H groups in total. The van der Waals surface area contributed by atoms with E-state index in [1.54, 1.807) is 24.3 Å². The predicted octanol–water partition coefficient (Wildman–Crippen LogP) is 2.50. The van der Waals surface area contributed by atoms with E-state index >= 15 is 0 Å². The van der Waals surface area contributed by atoms with E-state index in [4.69, 9.17) is 4.74 Å². The lowest BCUT2D eigenvalue weighted by atomic mass is 10.1. The van der Waals surface area contributed by atoms with E-state index in [2.05, 4.69) is 10.6 Å². The Bertz CT molecular complexity index is 543. The number of para-hydroxylation sites is 1. The van der Waals surface area contributed by atoms with Gasteiger partial charge in [0.15, 0.2) is 0 Å². The maximum Gasteiger partial charge on any atom is 0.340 e. The average molecular weight is 320 g/mol. The molecule has 2 amide bonds. The second kappa shape index (κ2) is 10.4. The first kappa shape index (κ1) is 18.7. The lowest BCUT2D eigenvalue weighted by Gasteiger charge is -2.10. The van der Waals surface area contributed by atoms with Crippen molar-refractivity contribution in [3.05, 3.63) is 29.8 Å². The molecular weight excluding hydrogens is 296 g/mol. The number of rotatable bonds is 8. The molecular formula is C17H24N2O4. The SMILES string of the molecule is CCCCNC(=O)C(=O)Nc1ccccc1C(=O)OCCCC. The van der Waals surface area contributed by atoms with E-state index < -0.39 is 17.8 Å². The summed E-state index contributed by atoms with van der Waals surface area (Å²) in [6.45, 7) is 4.77. The fourth-order valence-electron chi connectivity index (χ4n) is 1.80. The van der Waals surface area contributed by atoms with Crippen molar-refractivity contribution < 1.29 is 19.1 Å². The molecule has 0 saturated carbocycles. The van der Waals surface area contributed by atoms with Gasteiger partial charge in [-0.2, -0.15) is 0 Å². The van der Waals surface area contributed by atoms with E-state index in [1.807, 2.05) is 13.8 Å². The zero-order valence-electron chi connectivity index (χ0n) is 13.7. The Morgan fingerprint density at radius 2 is 1.70 bits per heavy atom.